The zero-order valence-corrected chi connectivity index (χ0v) is 13.7. The van der Waals surface area contributed by atoms with Crippen LogP contribution >= 0.6 is 0 Å². The van der Waals surface area contributed by atoms with E-state index in [2.05, 4.69) is 0 Å². The highest BCUT2D eigenvalue weighted by Gasteiger charge is 2.20. The van der Waals surface area contributed by atoms with E-state index in [1.807, 2.05) is 44.7 Å². The van der Waals surface area contributed by atoms with Crippen molar-refractivity contribution in [2.24, 2.45) is 0 Å². The summed E-state index contributed by atoms with van der Waals surface area (Å²) in [6, 6.07) is 7.55. The van der Waals surface area contributed by atoms with Crippen molar-refractivity contribution < 1.29 is 19.4 Å². The van der Waals surface area contributed by atoms with Crippen LogP contribution in [0.15, 0.2) is 24.3 Å². The summed E-state index contributed by atoms with van der Waals surface area (Å²) in [6.07, 6.45) is 0.911. The van der Waals surface area contributed by atoms with Gasteiger partial charge in [0.25, 0.3) is 0 Å². The number of aliphatic carboxylic acids is 1. The number of para-hydroxylation sites is 1. The summed E-state index contributed by atoms with van der Waals surface area (Å²) in [5.41, 5.74) is 0.851. The first-order chi connectivity index (χ1) is 10.3. The Kier molecular flexibility index (Phi) is 6.89. The number of carbonyl (C=O) groups excluding carboxylic acids is 1. The highest BCUT2D eigenvalue weighted by Crippen LogP contribution is 2.20. The Balaban J connectivity index is 2.71. The van der Waals surface area contributed by atoms with Crippen LogP contribution in [0.5, 0.6) is 5.75 Å². The Hall–Kier alpha value is -2.04. The molecule has 1 amide bonds. The van der Waals surface area contributed by atoms with Gasteiger partial charge in [-0.1, -0.05) is 18.2 Å². The van der Waals surface area contributed by atoms with Gasteiger partial charge in [-0.15, -0.1) is 0 Å². The summed E-state index contributed by atoms with van der Waals surface area (Å²) >= 11 is 0. The molecule has 0 saturated carbocycles. The van der Waals surface area contributed by atoms with Gasteiger partial charge in [-0.25, -0.2) is 4.79 Å². The fourth-order valence-electron chi connectivity index (χ4n) is 2.53. The largest absolute Gasteiger partial charge is 0.482 e. The lowest BCUT2D eigenvalue weighted by Gasteiger charge is -2.31. The molecule has 1 rings (SSSR count). The molecule has 122 valence electrons. The molecular weight excluding hydrogens is 282 g/mol. The van der Waals surface area contributed by atoms with Crippen molar-refractivity contribution in [3.8, 4) is 5.75 Å². The Labute approximate surface area is 131 Å². The first-order valence-electron chi connectivity index (χ1n) is 7.56. The van der Waals surface area contributed by atoms with Crippen LogP contribution in [-0.4, -0.2) is 40.6 Å². The van der Waals surface area contributed by atoms with Crippen molar-refractivity contribution in [3.05, 3.63) is 29.8 Å². The van der Waals surface area contributed by atoms with Crippen LogP contribution < -0.4 is 4.74 Å². The van der Waals surface area contributed by atoms with Crippen LogP contribution in [0.25, 0.3) is 0 Å². The highest BCUT2D eigenvalue weighted by atomic mass is 16.5. The number of amides is 1. The Morgan fingerprint density at radius 1 is 1.14 bits per heavy atom. The maximum Gasteiger partial charge on any atom is 0.341 e. The predicted octanol–water partition coefficient (Wildman–Crippen LogP) is 2.73. The van der Waals surface area contributed by atoms with Gasteiger partial charge in [-0.05, 0) is 45.7 Å². The second-order valence-corrected chi connectivity index (χ2v) is 5.78. The summed E-state index contributed by atoms with van der Waals surface area (Å²) in [7, 11) is 0. The number of benzene rings is 1. The number of hydrogen-bond acceptors (Lipinski definition) is 3. The molecule has 0 aromatic heterocycles. The van der Waals surface area contributed by atoms with Crippen LogP contribution in [0.4, 0.5) is 0 Å². The van der Waals surface area contributed by atoms with E-state index in [9.17, 15) is 9.59 Å². The van der Waals surface area contributed by atoms with Crippen molar-refractivity contribution in [1.82, 2.24) is 4.90 Å². The molecule has 22 heavy (non-hydrogen) atoms. The third-order valence-corrected chi connectivity index (χ3v) is 3.33. The molecule has 0 fully saturated rings. The second kappa shape index (κ2) is 8.41. The number of aryl methyl sites for hydroxylation is 1. The molecule has 1 N–H and O–H groups in total. The fraction of sp³-hybridized carbons (Fsp3) is 0.529. The first kappa shape index (κ1) is 18.0. The lowest BCUT2D eigenvalue weighted by molar-refractivity contribution is -0.139. The molecule has 0 heterocycles. The number of carbonyl (C=O) groups is 2. The van der Waals surface area contributed by atoms with Crippen molar-refractivity contribution in [2.45, 2.75) is 52.6 Å². The molecule has 1 aromatic rings. The maximum atomic E-state index is 12.4. The van der Waals surface area contributed by atoms with E-state index in [1.165, 1.54) is 0 Å². The lowest BCUT2D eigenvalue weighted by Crippen LogP contribution is -2.42. The van der Waals surface area contributed by atoms with Gasteiger partial charge in [0.1, 0.15) is 5.75 Å². The van der Waals surface area contributed by atoms with E-state index in [-0.39, 0.29) is 24.6 Å². The van der Waals surface area contributed by atoms with Crippen LogP contribution in [0.1, 0.15) is 39.7 Å². The monoisotopic (exact) mass is 307 g/mol. The predicted molar refractivity (Wildman–Crippen MR) is 85.0 cm³/mol. The fourth-order valence-corrected chi connectivity index (χ4v) is 2.53. The molecule has 0 radical (unpaired) electrons. The van der Waals surface area contributed by atoms with Gasteiger partial charge >= 0.3 is 5.97 Å². The standard InChI is InChI=1S/C17H25NO4/c1-12(2)18(13(3)4)16(19)10-9-14-7-5-6-8-15(14)22-11-17(20)21/h5-8,12-13H,9-11H2,1-4H3,(H,20,21). The van der Waals surface area contributed by atoms with Gasteiger partial charge in [0.15, 0.2) is 6.61 Å². The quantitative estimate of drug-likeness (QED) is 0.802. The topological polar surface area (TPSA) is 66.8 Å². The minimum Gasteiger partial charge on any atom is -0.482 e. The molecule has 5 nitrogen and oxygen atoms in total. The van der Waals surface area contributed by atoms with Crippen molar-refractivity contribution in [1.29, 1.82) is 0 Å². The van der Waals surface area contributed by atoms with Crippen LogP contribution in [-0.2, 0) is 16.0 Å². The van der Waals surface area contributed by atoms with Gasteiger partial charge in [-0.2, -0.15) is 0 Å². The van der Waals surface area contributed by atoms with E-state index in [1.54, 1.807) is 12.1 Å². The van der Waals surface area contributed by atoms with Gasteiger partial charge in [0, 0.05) is 18.5 Å². The lowest BCUT2D eigenvalue weighted by atomic mass is 10.1. The first-order valence-corrected chi connectivity index (χ1v) is 7.56. The molecule has 0 unspecified atom stereocenters. The van der Waals surface area contributed by atoms with Gasteiger partial charge in [-0.3, -0.25) is 4.79 Å². The molecule has 0 atom stereocenters. The summed E-state index contributed by atoms with van der Waals surface area (Å²) in [5.74, 6) is -0.395. The molecule has 0 aliphatic heterocycles. The number of carboxylic acid groups (broad SMARTS) is 1. The number of rotatable bonds is 8. The van der Waals surface area contributed by atoms with Crippen molar-refractivity contribution in [3.63, 3.8) is 0 Å². The summed E-state index contributed by atoms with van der Waals surface area (Å²) in [4.78, 5) is 24.8. The minimum atomic E-state index is -1.02. The number of carboxylic acids is 1. The molecule has 0 spiro atoms. The third-order valence-electron chi connectivity index (χ3n) is 3.33. The molecule has 0 saturated heterocycles. The Morgan fingerprint density at radius 2 is 1.73 bits per heavy atom. The maximum absolute atomic E-state index is 12.4. The average Bonchev–Trinajstić information content (AvgIpc) is 2.42. The normalized spacial score (nSPS) is 10.8. The third kappa shape index (κ3) is 5.39. The van der Waals surface area contributed by atoms with E-state index in [4.69, 9.17) is 9.84 Å². The van der Waals surface area contributed by atoms with E-state index in [0.717, 1.165) is 5.56 Å². The number of nitrogens with zero attached hydrogens (tertiary/aromatic N) is 1. The van der Waals surface area contributed by atoms with Crippen molar-refractivity contribution >= 4 is 11.9 Å². The van der Waals surface area contributed by atoms with E-state index in [0.29, 0.717) is 18.6 Å². The molecule has 1 aromatic carbocycles. The smallest absolute Gasteiger partial charge is 0.341 e. The molecule has 5 heteroatoms. The zero-order valence-electron chi connectivity index (χ0n) is 13.7. The molecule has 0 aliphatic rings. The van der Waals surface area contributed by atoms with Crippen LogP contribution in [0.3, 0.4) is 0 Å². The van der Waals surface area contributed by atoms with E-state index >= 15 is 0 Å². The van der Waals surface area contributed by atoms with Crippen molar-refractivity contribution in [2.75, 3.05) is 6.61 Å². The van der Waals surface area contributed by atoms with Gasteiger partial charge in [0.2, 0.25) is 5.91 Å². The highest BCUT2D eigenvalue weighted by molar-refractivity contribution is 5.77. The summed E-state index contributed by atoms with van der Waals surface area (Å²) < 4.78 is 5.26. The number of hydrogen-bond donors (Lipinski definition) is 1. The minimum absolute atomic E-state index is 0.0954. The summed E-state index contributed by atoms with van der Waals surface area (Å²) in [6.45, 7) is 7.63. The van der Waals surface area contributed by atoms with Crippen LogP contribution in [0, 0.1) is 0 Å². The van der Waals surface area contributed by atoms with E-state index < -0.39 is 5.97 Å². The van der Waals surface area contributed by atoms with Gasteiger partial charge in [0.05, 0.1) is 0 Å². The Bertz CT molecular complexity index is 503. The second-order valence-electron chi connectivity index (χ2n) is 5.78. The molecule has 0 aliphatic carbocycles. The molecular formula is C17H25NO4. The average molecular weight is 307 g/mol. The zero-order chi connectivity index (χ0) is 16.7. The van der Waals surface area contributed by atoms with Gasteiger partial charge < -0.3 is 14.7 Å². The number of ether oxygens (including phenoxy) is 1. The summed E-state index contributed by atoms with van der Waals surface area (Å²) in [5, 5.41) is 8.69. The van der Waals surface area contributed by atoms with Crippen LogP contribution in [0.2, 0.25) is 0 Å². The SMILES string of the molecule is CC(C)N(C(=O)CCc1ccccc1OCC(=O)O)C(C)C. The Morgan fingerprint density at radius 3 is 2.27 bits per heavy atom. The molecule has 0 bridgehead atoms.